The van der Waals surface area contributed by atoms with Crippen LogP contribution in [0.25, 0.3) is 11.1 Å². The van der Waals surface area contributed by atoms with Gasteiger partial charge in [0.05, 0.1) is 4.90 Å². The van der Waals surface area contributed by atoms with Gasteiger partial charge in [0, 0.05) is 10.3 Å². The molecule has 0 aromatic heterocycles. The molecule has 0 bridgehead atoms. The number of hydrogen-bond acceptors (Lipinski definition) is 3. The summed E-state index contributed by atoms with van der Waals surface area (Å²) in [7, 11) is -3.67. The van der Waals surface area contributed by atoms with Crippen LogP contribution in [-0.2, 0) is 10.0 Å². The first kappa shape index (κ1) is 15.7. The molecule has 0 aliphatic heterocycles. The van der Waals surface area contributed by atoms with Gasteiger partial charge in [0.2, 0.25) is 10.0 Å². The number of thiol groups is 1. The van der Waals surface area contributed by atoms with Gasteiger partial charge in [-0.25, -0.2) is 13.6 Å². The predicted molar refractivity (Wildman–Crippen MR) is 99.1 cm³/mol. The molecule has 24 heavy (non-hydrogen) atoms. The molecular weight excluding hydrogens is 338 g/mol. The van der Waals surface area contributed by atoms with Gasteiger partial charge < -0.3 is 0 Å². The number of primary sulfonamides is 1. The van der Waals surface area contributed by atoms with Gasteiger partial charge in [-0.15, -0.1) is 12.6 Å². The number of nitrogens with two attached hydrogens (primary N) is 1. The van der Waals surface area contributed by atoms with Gasteiger partial charge in [-0.2, -0.15) is 0 Å². The summed E-state index contributed by atoms with van der Waals surface area (Å²) >= 11 is 4.35. The molecule has 2 aromatic carbocycles. The van der Waals surface area contributed by atoms with E-state index < -0.39 is 10.0 Å². The SMILES string of the molecule is NS(=O)(=O)c1ccc(C2=CC3(C=C2c2ccc(S)cc2)CC3)cc1. The molecule has 3 nitrogen and oxygen atoms in total. The Kier molecular flexibility index (Phi) is 3.49. The summed E-state index contributed by atoms with van der Waals surface area (Å²) < 4.78 is 22.9. The predicted octanol–water partition coefficient (Wildman–Crippen LogP) is 3.88. The molecule has 0 radical (unpaired) electrons. The van der Waals surface area contributed by atoms with E-state index in [2.05, 4.69) is 36.9 Å². The van der Waals surface area contributed by atoms with Gasteiger partial charge in [0.1, 0.15) is 0 Å². The summed E-state index contributed by atoms with van der Waals surface area (Å²) in [4.78, 5) is 1.07. The minimum Gasteiger partial charge on any atom is -0.225 e. The number of sulfonamides is 1. The van der Waals surface area contributed by atoms with E-state index in [0.29, 0.717) is 0 Å². The second-order valence-electron chi connectivity index (χ2n) is 6.47. The van der Waals surface area contributed by atoms with Crippen molar-refractivity contribution < 1.29 is 8.42 Å². The topological polar surface area (TPSA) is 60.2 Å². The monoisotopic (exact) mass is 355 g/mol. The lowest BCUT2D eigenvalue weighted by Crippen LogP contribution is -2.11. The van der Waals surface area contributed by atoms with E-state index in [1.165, 1.54) is 18.4 Å². The lowest BCUT2D eigenvalue weighted by atomic mass is 9.95. The van der Waals surface area contributed by atoms with E-state index in [0.717, 1.165) is 21.6 Å². The van der Waals surface area contributed by atoms with Gasteiger partial charge >= 0.3 is 0 Å². The normalized spacial score (nSPS) is 18.4. The molecule has 1 spiro atoms. The highest BCUT2D eigenvalue weighted by Crippen LogP contribution is 2.57. The highest BCUT2D eigenvalue weighted by Gasteiger charge is 2.43. The van der Waals surface area contributed by atoms with Crippen molar-refractivity contribution in [3.8, 4) is 0 Å². The van der Waals surface area contributed by atoms with Crippen molar-refractivity contribution in [2.24, 2.45) is 10.6 Å². The fraction of sp³-hybridized carbons (Fsp3) is 0.158. The smallest absolute Gasteiger partial charge is 0.225 e. The maximum atomic E-state index is 11.4. The molecule has 0 amide bonds. The quantitative estimate of drug-likeness (QED) is 0.821. The van der Waals surface area contributed by atoms with Crippen LogP contribution in [0, 0.1) is 5.41 Å². The number of rotatable bonds is 3. The van der Waals surface area contributed by atoms with Crippen LogP contribution in [-0.4, -0.2) is 8.42 Å². The summed E-state index contributed by atoms with van der Waals surface area (Å²) in [6, 6.07) is 14.9. The zero-order valence-electron chi connectivity index (χ0n) is 12.9. The molecule has 2 N–H and O–H groups in total. The van der Waals surface area contributed by atoms with Crippen LogP contribution < -0.4 is 5.14 Å². The molecule has 4 rings (SSSR count). The molecule has 0 saturated heterocycles. The van der Waals surface area contributed by atoms with E-state index >= 15 is 0 Å². The molecular formula is C19H17NO2S2. The Balaban J connectivity index is 1.76. The first-order valence-electron chi connectivity index (χ1n) is 7.75. The Morgan fingerprint density at radius 1 is 0.833 bits per heavy atom. The molecule has 1 saturated carbocycles. The van der Waals surface area contributed by atoms with Crippen LogP contribution in [0.3, 0.4) is 0 Å². The fourth-order valence-electron chi connectivity index (χ4n) is 3.15. The Morgan fingerprint density at radius 3 is 1.71 bits per heavy atom. The summed E-state index contributed by atoms with van der Waals surface area (Å²) in [5.41, 5.74) is 4.69. The van der Waals surface area contributed by atoms with Crippen molar-refractivity contribution in [2.75, 3.05) is 0 Å². The van der Waals surface area contributed by atoms with E-state index in [9.17, 15) is 8.42 Å². The van der Waals surface area contributed by atoms with Crippen molar-refractivity contribution in [1.82, 2.24) is 0 Å². The standard InChI is InChI=1S/C19H17NO2S2/c20-24(21,22)16-7-3-14(4-8-16)18-12-19(9-10-19)11-17(18)13-1-5-15(23)6-2-13/h1-8,11-12,23H,9-10H2,(H2,20,21,22). The minimum atomic E-state index is -3.67. The third kappa shape index (κ3) is 2.83. The molecule has 0 unspecified atom stereocenters. The lowest BCUT2D eigenvalue weighted by molar-refractivity contribution is 0.598. The molecule has 2 aliphatic rings. The van der Waals surface area contributed by atoms with E-state index in [1.54, 1.807) is 12.1 Å². The largest absolute Gasteiger partial charge is 0.238 e. The lowest BCUT2D eigenvalue weighted by Gasteiger charge is -2.10. The highest BCUT2D eigenvalue weighted by molar-refractivity contribution is 7.89. The molecule has 2 aromatic rings. The molecule has 0 atom stereocenters. The van der Waals surface area contributed by atoms with Crippen molar-refractivity contribution in [3.63, 3.8) is 0 Å². The van der Waals surface area contributed by atoms with Gasteiger partial charge in [-0.05, 0) is 59.4 Å². The van der Waals surface area contributed by atoms with Crippen LogP contribution in [0.1, 0.15) is 24.0 Å². The van der Waals surface area contributed by atoms with Crippen molar-refractivity contribution in [1.29, 1.82) is 0 Å². The number of benzene rings is 2. The Bertz CT molecular complexity index is 965. The highest BCUT2D eigenvalue weighted by atomic mass is 32.2. The third-order valence-electron chi connectivity index (χ3n) is 4.65. The number of allylic oxidation sites excluding steroid dienone is 4. The summed E-state index contributed by atoms with van der Waals surface area (Å²) in [5.74, 6) is 0. The zero-order chi connectivity index (χ0) is 16.9. The van der Waals surface area contributed by atoms with E-state index in [-0.39, 0.29) is 10.3 Å². The van der Waals surface area contributed by atoms with Gasteiger partial charge in [0.15, 0.2) is 0 Å². The van der Waals surface area contributed by atoms with Gasteiger partial charge in [-0.1, -0.05) is 36.4 Å². The van der Waals surface area contributed by atoms with E-state index in [4.69, 9.17) is 5.14 Å². The summed E-state index contributed by atoms with van der Waals surface area (Å²) in [6.45, 7) is 0. The zero-order valence-corrected chi connectivity index (χ0v) is 14.6. The average molecular weight is 355 g/mol. The van der Waals surface area contributed by atoms with Crippen molar-refractivity contribution in [2.45, 2.75) is 22.6 Å². The first-order valence-corrected chi connectivity index (χ1v) is 9.74. The molecule has 0 heterocycles. The maximum Gasteiger partial charge on any atom is 0.238 e. The minimum absolute atomic E-state index is 0.135. The van der Waals surface area contributed by atoms with Crippen LogP contribution in [0.15, 0.2) is 70.5 Å². The summed E-state index contributed by atoms with van der Waals surface area (Å²) in [5, 5.41) is 5.18. The van der Waals surface area contributed by atoms with Crippen LogP contribution >= 0.6 is 12.6 Å². The second-order valence-corrected chi connectivity index (χ2v) is 8.54. The van der Waals surface area contributed by atoms with Gasteiger partial charge in [-0.3, -0.25) is 0 Å². The van der Waals surface area contributed by atoms with E-state index in [1.807, 2.05) is 24.3 Å². The average Bonchev–Trinajstić information content (AvgIpc) is 3.19. The second kappa shape index (κ2) is 5.34. The number of hydrogen-bond donors (Lipinski definition) is 2. The van der Waals surface area contributed by atoms with Crippen LogP contribution in [0.2, 0.25) is 0 Å². The maximum absolute atomic E-state index is 11.4. The van der Waals surface area contributed by atoms with Crippen molar-refractivity contribution in [3.05, 3.63) is 71.8 Å². The van der Waals surface area contributed by atoms with Crippen LogP contribution in [0.4, 0.5) is 0 Å². The van der Waals surface area contributed by atoms with Gasteiger partial charge in [0.25, 0.3) is 0 Å². The Morgan fingerprint density at radius 2 is 1.29 bits per heavy atom. The Hall–Kier alpha value is -1.82. The summed E-state index contributed by atoms with van der Waals surface area (Å²) in [6.07, 6.45) is 6.98. The third-order valence-corrected chi connectivity index (χ3v) is 5.88. The Labute approximate surface area is 147 Å². The molecule has 122 valence electrons. The molecule has 5 heteroatoms. The molecule has 2 aliphatic carbocycles. The van der Waals surface area contributed by atoms with Crippen LogP contribution in [0.5, 0.6) is 0 Å². The molecule has 1 fully saturated rings. The van der Waals surface area contributed by atoms with Crippen molar-refractivity contribution >= 4 is 33.8 Å². The fourth-order valence-corrected chi connectivity index (χ4v) is 3.81. The first-order chi connectivity index (χ1) is 11.4.